The van der Waals surface area contributed by atoms with E-state index in [1.807, 2.05) is 0 Å². The minimum absolute atomic E-state index is 0.0599. The third-order valence-corrected chi connectivity index (χ3v) is 12.7. The molecule has 0 amide bonds. The molecule has 230 valence electrons. The van der Waals surface area contributed by atoms with Crippen LogP contribution in [0.5, 0.6) is 0 Å². The molecule has 0 radical (unpaired) electrons. The minimum Gasteiger partial charge on any atom is -0.462 e. The summed E-state index contributed by atoms with van der Waals surface area (Å²) in [6, 6.07) is 0. The zero-order valence-electron chi connectivity index (χ0n) is 27.3. The number of hydrogen-bond donors (Lipinski definition) is 0. The van der Waals surface area contributed by atoms with Crippen LogP contribution in [0.4, 0.5) is 0 Å². The van der Waals surface area contributed by atoms with Crippen molar-refractivity contribution in [3.63, 3.8) is 0 Å². The molecule has 0 aromatic carbocycles. The molecule has 4 aliphatic rings. The van der Waals surface area contributed by atoms with E-state index in [1.54, 1.807) is 5.57 Å². The second-order valence-electron chi connectivity index (χ2n) is 15.2. The summed E-state index contributed by atoms with van der Waals surface area (Å²) in [4.78, 5) is 12.6. The van der Waals surface area contributed by atoms with Gasteiger partial charge in [0.05, 0.1) is 0 Å². The molecule has 0 N–H and O–H groups in total. The Labute approximate surface area is 249 Å². The normalized spacial score (nSPS) is 35.0. The van der Waals surface area contributed by atoms with E-state index in [-0.39, 0.29) is 12.1 Å². The summed E-state index contributed by atoms with van der Waals surface area (Å²) in [7, 11) is 0. The molecule has 0 spiro atoms. The van der Waals surface area contributed by atoms with Crippen LogP contribution in [-0.4, -0.2) is 12.1 Å². The van der Waals surface area contributed by atoms with Crippen LogP contribution in [0.3, 0.4) is 0 Å². The van der Waals surface area contributed by atoms with Crippen molar-refractivity contribution in [3.8, 4) is 0 Å². The fourth-order valence-corrected chi connectivity index (χ4v) is 10.1. The third kappa shape index (κ3) is 7.78. The number of esters is 1. The summed E-state index contributed by atoms with van der Waals surface area (Å²) >= 11 is 0. The topological polar surface area (TPSA) is 26.3 Å². The highest BCUT2D eigenvalue weighted by molar-refractivity contribution is 5.69. The van der Waals surface area contributed by atoms with Gasteiger partial charge in [0.2, 0.25) is 0 Å². The molecule has 0 aromatic heterocycles. The number of rotatable bonds is 17. The van der Waals surface area contributed by atoms with Crippen LogP contribution in [0.25, 0.3) is 0 Å². The summed E-state index contributed by atoms with van der Waals surface area (Å²) in [6.07, 6.45) is 34.1. The van der Waals surface area contributed by atoms with E-state index in [1.165, 1.54) is 128 Å². The number of ether oxygens (including phenoxy) is 1. The number of carbonyl (C=O) groups excluding carboxylic acids is 1. The van der Waals surface area contributed by atoms with E-state index >= 15 is 0 Å². The lowest BCUT2D eigenvalue weighted by molar-refractivity contribution is -0.151. The predicted molar refractivity (Wildman–Crippen MR) is 170 cm³/mol. The minimum atomic E-state index is 0.0599. The van der Waals surface area contributed by atoms with Crippen molar-refractivity contribution >= 4 is 5.97 Å². The maximum Gasteiger partial charge on any atom is 0.306 e. The van der Waals surface area contributed by atoms with Crippen LogP contribution in [0, 0.1) is 34.5 Å². The van der Waals surface area contributed by atoms with E-state index < -0.39 is 0 Å². The molecule has 7 atom stereocenters. The van der Waals surface area contributed by atoms with Crippen LogP contribution in [0.2, 0.25) is 0 Å². The first-order valence-electron chi connectivity index (χ1n) is 18.3. The third-order valence-electron chi connectivity index (χ3n) is 12.7. The van der Waals surface area contributed by atoms with Gasteiger partial charge in [-0.3, -0.25) is 4.79 Å². The van der Waals surface area contributed by atoms with Gasteiger partial charge in [-0.1, -0.05) is 123 Å². The second kappa shape index (κ2) is 15.6. The van der Waals surface area contributed by atoms with Crippen LogP contribution in [0.15, 0.2) is 11.6 Å². The highest BCUT2D eigenvalue weighted by Gasteiger charge is 2.58. The van der Waals surface area contributed by atoms with Gasteiger partial charge in [-0.05, 0) is 92.3 Å². The molecule has 0 saturated heterocycles. The zero-order chi connectivity index (χ0) is 28.4. The molecular formula is C38H66O2. The first-order chi connectivity index (χ1) is 19.4. The number of allylic oxidation sites excluding steroid dienone is 1. The van der Waals surface area contributed by atoms with Crippen molar-refractivity contribution in [2.45, 2.75) is 188 Å². The molecular weight excluding hydrogens is 488 g/mol. The van der Waals surface area contributed by atoms with Gasteiger partial charge in [-0.25, -0.2) is 0 Å². The van der Waals surface area contributed by atoms with Gasteiger partial charge < -0.3 is 4.74 Å². The summed E-state index contributed by atoms with van der Waals surface area (Å²) in [6.45, 7) is 9.89. The van der Waals surface area contributed by atoms with Crippen LogP contribution >= 0.6 is 0 Å². The largest absolute Gasteiger partial charge is 0.462 e. The van der Waals surface area contributed by atoms with Crippen molar-refractivity contribution in [1.82, 2.24) is 0 Å². The molecule has 4 aliphatic carbocycles. The quantitative estimate of drug-likeness (QED) is 0.101. The van der Waals surface area contributed by atoms with E-state index in [0.717, 1.165) is 42.9 Å². The van der Waals surface area contributed by atoms with Gasteiger partial charge in [0.25, 0.3) is 0 Å². The Balaban J connectivity index is 1.22. The van der Waals surface area contributed by atoms with Gasteiger partial charge in [0.15, 0.2) is 0 Å². The predicted octanol–water partition coefficient (Wildman–Crippen LogP) is 11.8. The fraction of sp³-hybridized carbons (Fsp3) is 0.921. The Morgan fingerprint density at radius 2 is 1.43 bits per heavy atom. The number of carbonyl (C=O) groups is 1. The van der Waals surface area contributed by atoms with Crippen molar-refractivity contribution in [2.75, 3.05) is 0 Å². The summed E-state index contributed by atoms with van der Waals surface area (Å²) in [5.41, 5.74) is 2.59. The highest BCUT2D eigenvalue weighted by Crippen LogP contribution is 2.66. The Kier molecular flexibility index (Phi) is 12.5. The van der Waals surface area contributed by atoms with E-state index in [9.17, 15) is 4.79 Å². The molecule has 4 rings (SSSR count). The first-order valence-corrected chi connectivity index (χ1v) is 18.3. The SMILES string of the molecule is CCCCCCCCCCC(=O)O[C@H]1CC[C@@]2(C)C(=CC[C@H]3[C@H]4CC[C@H](CCCCCCCC)[C@@]4(C)CC[C@H]32)C1. The number of hydrogen-bond acceptors (Lipinski definition) is 2. The Morgan fingerprint density at radius 1 is 0.775 bits per heavy atom. The van der Waals surface area contributed by atoms with Crippen LogP contribution in [-0.2, 0) is 9.53 Å². The molecule has 0 unspecified atom stereocenters. The number of unbranched alkanes of at least 4 members (excludes halogenated alkanes) is 12. The van der Waals surface area contributed by atoms with Gasteiger partial charge in [-0.15, -0.1) is 0 Å². The maximum absolute atomic E-state index is 12.6. The smallest absolute Gasteiger partial charge is 0.306 e. The molecule has 2 nitrogen and oxygen atoms in total. The molecule has 0 aliphatic heterocycles. The molecule has 3 saturated carbocycles. The van der Waals surface area contributed by atoms with Crippen molar-refractivity contribution in [2.24, 2.45) is 34.5 Å². The maximum atomic E-state index is 12.6. The molecule has 2 heteroatoms. The highest BCUT2D eigenvalue weighted by atomic mass is 16.5. The lowest BCUT2D eigenvalue weighted by Crippen LogP contribution is -2.50. The molecule has 0 bridgehead atoms. The van der Waals surface area contributed by atoms with E-state index in [2.05, 4.69) is 33.8 Å². The Bertz CT molecular complexity index is 799. The summed E-state index contributed by atoms with van der Waals surface area (Å²) in [5.74, 6) is 3.72. The van der Waals surface area contributed by atoms with Crippen LogP contribution < -0.4 is 0 Å². The average molecular weight is 555 g/mol. The van der Waals surface area contributed by atoms with Crippen molar-refractivity contribution < 1.29 is 9.53 Å². The summed E-state index contributed by atoms with van der Waals surface area (Å²) in [5, 5.41) is 0. The van der Waals surface area contributed by atoms with Gasteiger partial charge in [0, 0.05) is 12.8 Å². The average Bonchev–Trinajstić information content (AvgIpc) is 3.28. The van der Waals surface area contributed by atoms with E-state index in [0.29, 0.717) is 17.3 Å². The Hall–Kier alpha value is -0.790. The zero-order valence-corrected chi connectivity index (χ0v) is 27.3. The summed E-state index contributed by atoms with van der Waals surface area (Å²) < 4.78 is 6.07. The lowest BCUT2D eigenvalue weighted by Gasteiger charge is -2.58. The van der Waals surface area contributed by atoms with Crippen molar-refractivity contribution in [1.29, 1.82) is 0 Å². The van der Waals surface area contributed by atoms with Crippen molar-refractivity contribution in [3.05, 3.63) is 11.6 Å². The van der Waals surface area contributed by atoms with Crippen LogP contribution in [0.1, 0.15) is 182 Å². The van der Waals surface area contributed by atoms with Gasteiger partial charge in [-0.2, -0.15) is 0 Å². The van der Waals surface area contributed by atoms with Gasteiger partial charge in [0.1, 0.15) is 6.10 Å². The number of fused-ring (bicyclic) bond motifs is 5. The monoisotopic (exact) mass is 555 g/mol. The molecule has 3 fully saturated rings. The lowest BCUT2D eigenvalue weighted by atomic mass is 9.47. The molecule has 0 heterocycles. The first kappa shape index (κ1) is 32.1. The second-order valence-corrected chi connectivity index (χ2v) is 15.2. The Morgan fingerprint density at radius 3 is 2.12 bits per heavy atom. The van der Waals surface area contributed by atoms with E-state index in [4.69, 9.17) is 4.74 Å². The standard InChI is InChI=1S/C38H66O2/c1-5-7-9-11-13-14-16-18-20-36(39)40-32-25-27-38(4)31(29-32)21-23-33-34-24-22-30(19-17-15-12-10-8-6-2)37(34,3)28-26-35(33)38/h21,30,32-35H,5-20,22-29H2,1-4H3/t30-,32-,33-,34+,35+,37+,38-/m0/s1. The molecule has 0 aromatic rings. The fourth-order valence-electron chi connectivity index (χ4n) is 10.1. The molecule has 40 heavy (non-hydrogen) atoms. The van der Waals surface area contributed by atoms with Gasteiger partial charge >= 0.3 is 5.97 Å².